The van der Waals surface area contributed by atoms with Crippen LogP contribution < -0.4 is 15.8 Å². The summed E-state index contributed by atoms with van der Waals surface area (Å²) in [6.07, 6.45) is -0.697. The fourth-order valence-corrected chi connectivity index (χ4v) is 1.54. The van der Waals surface area contributed by atoms with Crippen molar-refractivity contribution in [1.29, 1.82) is 0 Å². The molecule has 3 N–H and O–H groups in total. The molecule has 0 aliphatic rings. The van der Waals surface area contributed by atoms with Gasteiger partial charge >= 0.3 is 6.09 Å². The predicted octanol–water partition coefficient (Wildman–Crippen LogP) is 1.75. The second-order valence-electron chi connectivity index (χ2n) is 5.25. The van der Waals surface area contributed by atoms with E-state index in [1.54, 1.807) is 52.1 Å². The average molecular weight is 280 g/mol. The van der Waals surface area contributed by atoms with Crippen molar-refractivity contribution >= 4 is 12.0 Å². The van der Waals surface area contributed by atoms with Gasteiger partial charge < -0.3 is 20.5 Å². The van der Waals surface area contributed by atoms with Crippen molar-refractivity contribution in [3.63, 3.8) is 0 Å². The number of methoxy groups -OCH3 is 1. The maximum absolute atomic E-state index is 11.7. The van der Waals surface area contributed by atoms with E-state index in [-0.39, 0.29) is 0 Å². The second-order valence-corrected chi connectivity index (χ2v) is 5.25. The molecule has 1 aromatic carbocycles. The number of carbonyl (C=O) groups is 2. The standard InChI is InChI=1S/C14H20N2O4/c1-14(2,3)20-13(18)16-11(12(15)17)9-5-7-10(19-4)8-6-9/h5-8,11H,1-4H3,(H2,15,17)(H,16,18)/t11-/m0/s1. The molecule has 0 unspecified atom stereocenters. The molecule has 6 heteroatoms. The van der Waals surface area contributed by atoms with E-state index >= 15 is 0 Å². The Morgan fingerprint density at radius 2 is 1.75 bits per heavy atom. The van der Waals surface area contributed by atoms with Gasteiger partial charge in [0.25, 0.3) is 0 Å². The molecule has 0 aliphatic carbocycles. The Morgan fingerprint density at radius 3 is 2.15 bits per heavy atom. The largest absolute Gasteiger partial charge is 0.497 e. The first-order valence-corrected chi connectivity index (χ1v) is 6.15. The van der Waals surface area contributed by atoms with Crippen LogP contribution in [0.2, 0.25) is 0 Å². The molecule has 0 saturated heterocycles. The molecule has 0 aliphatic heterocycles. The van der Waals surface area contributed by atoms with Crippen LogP contribution in [0.25, 0.3) is 0 Å². The number of benzene rings is 1. The van der Waals surface area contributed by atoms with Gasteiger partial charge in [0, 0.05) is 0 Å². The number of primary amides is 1. The topological polar surface area (TPSA) is 90.7 Å². The van der Waals surface area contributed by atoms with Crippen LogP contribution in [0.1, 0.15) is 32.4 Å². The molecular weight excluding hydrogens is 260 g/mol. The van der Waals surface area contributed by atoms with Gasteiger partial charge in [-0.1, -0.05) is 12.1 Å². The summed E-state index contributed by atoms with van der Waals surface area (Å²) in [4.78, 5) is 23.2. The number of hydrogen-bond acceptors (Lipinski definition) is 4. The Labute approximate surface area is 118 Å². The van der Waals surface area contributed by atoms with E-state index in [1.165, 1.54) is 0 Å². The number of rotatable bonds is 4. The third-order valence-corrected chi connectivity index (χ3v) is 2.39. The Hall–Kier alpha value is -2.24. The minimum absolute atomic E-state index is 0.559. The zero-order valence-electron chi connectivity index (χ0n) is 12.1. The van der Waals surface area contributed by atoms with Gasteiger partial charge in [-0.3, -0.25) is 4.79 Å². The van der Waals surface area contributed by atoms with E-state index in [9.17, 15) is 9.59 Å². The Bertz CT molecular complexity index is 477. The highest BCUT2D eigenvalue weighted by Crippen LogP contribution is 2.18. The minimum Gasteiger partial charge on any atom is -0.497 e. The predicted molar refractivity (Wildman–Crippen MR) is 74.3 cm³/mol. The van der Waals surface area contributed by atoms with E-state index in [4.69, 9.17) is 15.2 Å². The number of carbonyl (C=O) groups excluding carboxylic acids is 2. The first-order chi connectivity index (χ1) is 9.23. The van der Waals surface area contributed by atoms with Crippen molar-refractivity contribution < 1.29 is 19.1 Å². The molecule has 1 rings (SSSR count). The smallest absolute Gasteiger partial charge is 0.408 e. The molecule has 1 aromatic rings. The molecule has 0 aromatic heterocycles. The highest BCUT2D eigenvalue weighted by molar-refractivity contribution is 5.85. The summed E-state index contributed by atoms with van der Waals surface area (Å²) in [7, 11) is 1.54. The summed E-state index contributed by atoms with van der Waals surface area (Å²) >= 11 is 0. The van der Waals surface area contributed by atoms with Crippen LogP contribution >= 0.6 is 0 Å². The van der Waals surface area contributed by atoms with Gasteiger partial charge in [0.1, 0.15) is 17.4 Å². The zero-order chi connectivity index (χ0) is 15.3. The zero-order valence-corrected chi connectivity index (χ0v) is 12.1. The van der Waals surface area contributed by atoms with Crippen molar-refractivity contribution in [2.75, 3.05) is 7.11 Å². The Morgan fingerprint density at radius 1 is 1.20 bits per heavy atom. The SMILES string of the molecule is COc1ccc([C@H](NC(=O)OC(C)(C)C)C(N)=O)cc1. The van der Waals surface area contributed by atoms with E-state index < -0.39 is 23.6 Å². The molecule has 1 atom stereocenters. The fraction of sp³-hybridized carbons (Fsp3) is 0.429. The van der Waals surface area contributed by atoms with E-state index in [1.807, 2.05) is 0 Å². The maximum Gasteiger partial charge on any atom is 0.408 e. The number of nitrogens with one attached hydrogen (secondary N) is 1. The van der Waals surface area contributed by atoms with Gasteiger partial charge in [-0.25, -0.2) is 4.79 Å². The van der Waals surface area contributed by atoms with Gasteiger partial charge in [0.05, 0.1) is 7.11 Å². The number of alkyl carbamates (subject to hydrolysis) is 1. The van der Waals surface area contributed by atoms with E-state index in [2.05, 4.69) is 5.32 Å². The van der Waals surface area contributed by atoms with Crippen molar-refractivity contribution in [3.05, 3.63) is 29.8 Å². The van der Waals surface area contributed by atoms with Crippen LogP contribution in [-0.4, -0.2) is 24.7 Å². The average Bonchev–Trinajstić information content (AvgIpc) is 2.34. The molecule has 0 fully saturated rings. The summed E-state index contributed by atoms with van der Waals surface area (Å²) in [6.45, 7) is 5.21. The maximum atomic E-state index is 11.7. The van der Waals surface area contributed by atoms with Crippen LogP contribution in [0, 0.1) is 0 Å². The molecule has 20 heavy (non-hydrogen) atoms. The number of amides is 2. The summed E-state index contributed by atoms with van der Waals surface area (Å²) < 4.78 is 10.1. The molecule has 0 radical (unpaired) electrons. The molecule has 0 bridgehead atoms. The van der Waals surface area contributed by atoms with E-state index in [0.717, 1.165) is 0 Å². The quantitative estimate of drug-likeness (QED) is 0.879. The first-order valence-electron chi connectivity index (χ1n) is 6.15. The Balaban J connectivity index is 2.83. The third kappa shape index (κ3) is 4.79. The monoisotopic (exact) mass is 280 g/mol. The van der Waals surface area contributed by atoms with Crippen LogP contribution in [0.4, 0.5) is 4.79 Å². The highest BCUT2D eigenvalue weighted by Gasteiger charge is 2.24. The van der Waals surface area contributed by atoms with Crippen molar-refractivity contribution in [3.8, 4) is 5.75 Å². The van der Waals surface area contributed by atoms with Crippen LogP contribution in [0.15, 0.2) is 24.3 Å². The van der Waals surface area contributed by atoms with Crippen molar-refractivity contribution in [2.24, 2.45) is 5.73 Å². The normalized spacial score (nSPS) is 12.4. The highest BCUT2D eigenvalue weighted by atomic mass is 16.6. The Kier molecular flexibility index (Phi) is 4.96. The summed E-state index contributed by atoms with van der Waals surface area (Å²) in [6, 6.07) is 5.73. The molecule has 0 heterocycles. The lowest BCUT2D eigenvalue weighted by atomic mass is 10.1. The van der Waals surface area contributed by atoms with E-state index in [0.29, 0.717) is 11.3 Å². The third-order valence-electron chi connectivity index (χ3n) is 2.39. The molecule has 0 spiro atoms. The first kappa shape index (κ1) is 15.8. The van der Waals surface area contributed by atoms with Crippen molar-refractivity contribution in [1.82, 2.24) is 5.32 Å². The lowest BCUT2D eigenvalue weighted by Gasteiger charge is -2.22. The minimum atomic E-state index is -0.948. The summed E-state index contributed by atoms with van der Waals surface area (Å²) in [5.74, 6) is -0.0183. The van der Waals surface area contributed by atoms with Crippen LogP contribution in [0.3, 0.4) is 0 Å². The van der Waals surface area contributed by atoms with Crippen molar-refractivity contribution in [2.45, 2.75) is 32.4 Å². The van der Waals surface area contributed by atoms with Gasteiger partial charge in [-0.2, -0.15) is 0 Å². The molecule has 2 amide bonds. The number of ether oxygens (including phenoxy) is 2. The van der Waals surface area contributed by atoms with Gasteiger partial charge in [-0.05, 0) is 38.5 Å². The van der Waals surface area contributed by atoms with Gasteiger partial charge in [0.15, 0.2) is 0 Å². The molecule has 110 valence electrons. The second kappa shape index (κ2) is 6.27. The fourth-order valence-electron chi connectivity index (χ4n) is 1.54. The molecule has 0 saturated carbocycles. The van der Waals surface area contributed by atoms with Gasteiger partial charge in [-0.15, -0.1) is 0 Å². The number of nitrogens with two attached hydrogens (primary N) is 1. The summed E-state index contributed by atoms with van der Waals surface area (Å²) in [5, 5.41) is 2.45. The lowest BCUT2D eigenvalue weighted by Crippen LogP contribution is -2.40. The lowest BCUT2D eigenvalue weighted by molar-refractivity contribution is -0.120. The summed E-state index contributed by atoms with van der Waals surface area (Å²) in [5.41, 5.74) is 5.22. The molecular formula is C14H20N2O4. The van der Waals surface area contributed by atoms with Crippen LogP contribution in [0.5, 0.6) is 5.75 Å². The van der Waals surface area contributed by atoms with Gasteiger partial charge in [0.2, 0.25) is 5.91 Å². The molecule has 6 nitrogen and oxygen atoms in total. The van der Waals surface area contributed by atoms with Crippen LogP contribution in [-0.2, 0) is 9.53 Å². The number of hydrogen-bond donors (Lipinski definition) is 2.